The summed E-state index contributed by atoms with van der Waals surface area (Å²) in [6.45, 7) is 11.3. The Morgan fingerprint density at radius 3 is 2.22 bits per heavy atom. The van der Waals surface area contributed by atoms with E-state index in [1.807, 2.05) is 26.0 Å². The number of sulfonamides is 1. The molecule has 3 aromatic rings. The first-order valence-electron chi connectivity index (χ1n) is 10.7. The van der Waals surface area contributed by atoms with Crippen LogP contribution in [0, 0.1) is 13.8 Å². The molecule has 2 aromatic heterocycles. The van der Waals surface area contributed by atoms with Crippen LogP contribution >= 0.6 is 0 Å². The number of hydrogen-bond donors (Lipinski definition) is 0. The molecule has 0 spiro atoms. The third-order valence-corrected chi connectivity index (χ3v) is 8.19. The maximum atomic E-state index is 13.5. The molecule has 0 radical (unpaired) electrons. The lowest BCUT2D eigenvalue weighted by Crippen LogP contribution is -2.50. The molecule has 0 atom stereocenters. The number of benzene rings is 1. The minimum absolute atomic E-state index is 0.0560. The fourth-order valence-corrected chi connectivity index (χ4v) is 6.02. The summed E-state index contributed by atoms with van der Waals surface area (Å²) in [5.41, 5.74) is 3.77. The smallest absolute Gasteiger partial charge is 0.255 e. The highest BCUT2D eigenvalue weighted by atomic mass is 32.2. The first-order chi connectivity index (χ1) is 15.0. The largest absolute Gasteiger partial charge is 0.336 e. The van der Waals surface area contributed by atoms with Crippen molar-refractivity contribution in [2.24, 2.45) is 0 Å². The van der Waals surface area contributed by atoms with Gasteiger partial charge in [-0.15, -0.1) is 10.2 Å². The summed E-state index contributed by atoms with van der Waals surface area (Å²) in [4.78, 5) is 15.0. The van der Waals surface area contributed by atoms with Gasteiger partial charge in [0, 0.05) is 32.4 Å². The van der Waals surface area contributed by atoms with Crippen LogP contribution < -0.4 is 0 Å². The van der Waals surface area contributed by atoms with Gasteiger partial charge in [0.25, 0.3) is 5.91 Å². The molecule has 0 aliphatic carbocycles. The quantitative estimate of drug-likeness (QED) is 0.606. The molecule has 32 heavy (non-hydrogen) atoms. The van der Waals surface area contributed by atoms with E-state index in [1.165, 1.54) is 4.31 Å². The number of rotatable bonds is 3. The van der Waals surface area contributed by atoms with Gasteiger partial charge in [-0.1, -0.05) is 32.9 Å². The second kappa shape index (κ2) is 7.97. The molecule has 1 amide bonds. The Balaban J connectivity index is 1.51. The molecule has 1 aromatic carbocycles. The zero-order chi connectivity index (χ0) is 23.3. The van der Waals surface area contributed by atoms with E-state index in [2.05, 4.69) is 31.0 Å². The lowest BCUT2D eigenvalue weighted by atomic mass is 9.85. The van der Waals surface area contributed by atoms with Crippen molar-refractivity contribution in [3.05, 3.63) is 59.0 Å². The molecule has 9 heteroatoms. The third-order valence-electron chi connectivity index (χ3n) is 5.99. The van der Waals surface area contributed by atoms with Crippen molar-refractivity contribution in [2.75, 3.05) is 26.2 Å². The number of pyridine rings is 1. The first kappa shape index (κ1) is 22.4. The van der Waals surface area contributed by atoms with Crippen LogP contribution in [0.2, 0.25) is 0 Å². The zero-order valence-electron chi connectivity index (χ0n) is 19.2. The van der Waals surface area contributed by atoms with Crippen molar-refractivity contribution in [1.29, 1.82) is 0 Å². The van der Waals surface area contributed by atoms with Gasteiger partial charge in [-0.2, -0.15) is 4.31 Å². The minimum Gasteiger partial charge on any atom is -0.336 e. The highest BCUT2D eigenvalue weighted by Crippen LogP contribution is 2.31. The predicted molar refractivity (Wildman–Crippen MR) is 122 cm³/mol. The standard InChI is InChI=1S/C23H29N5O3S/c1-16-12-19(23(3,4)5)13-17(2)21(16)32(30,31)28-10-8-26(9-11-28)22(29)18-6-7-20-25-24-15-27(20)14-18/h6-7,12-15H,8-11H2,1-5H3. The topological polar surface area (TPSA) is 87.9 Å². The van der Waals surface area contributed by atoms with Gasteiger partial charge in [0.15, 0.2) is 5.65 Å². The Bertz CT molecular complexity index is 1260. The van der Waals surface area contributed by atoms with Crippen molar-refractivity contribution in [3.8, 4) is 0 Å². The Morgan fingerprint density at radius 1 is 1.00 bits per heavy atom. The second-order valence-corrected chi connectivity index (χ2v) is 11.3. The summed E-state index contributed by atoms with van der Waals surface area (Å²) < 4.78 is 30.1. The molecule has 1 fully saturated rings. The van der Waals surface area contributed by atoms with E-state index in [4.69, 9.17) is 0 Å². The number of carbonyl (C=O) groups excluding carboxylic acids is 1. The van der Waals surface area contributed by atoms with Crippen LogP contribution in [0.4, 0.5) is 0 Å². The molecule has 0 bridgehead atoms. The number of aryl methyl sites for hydroxylation is 2. The first-order valence-corrected chi connectivity index (χ1v) is 12.1. The average Bonchev–Trinajstić information content (AvgIpc) is 3.20. The van der Waals surface area contributed by atoms with E-state index >= 15 is 0 Å². The van der Waals surface area contributed by atoms with Gasteiger partial charge in [-0.05, 0) is 48.1 Å². The monoisotopic (exact) mass is 455 g/mol. The van der Waals surface area contributed by atoms with Crippen LogP contribution in [-0.4, -0.2) is 64.3 Å². The number of amides is 1. The molecule has 4 rings (SSSR count). The lowest BCUT2D eigenvalue weighted by molar-refractivity contribution is 0.0697. The molecular formula is C23H29N5O3S. The van der Waals surface area contributed by atoms with Crippen LogP contribution in [-0.2, 0) is 15.4 Å². The summed E-state index contributed by atoms with van der Waals surface area (Å²) in [7, 11) is -3.65. The van der Waals surface area contributed by atoms with Crippen molar-refractivity contribution in [1.82, 2.24) is 23.8 Å². The van der Waals surface area contributed by atoms with E-state index in [0.29, 0.717) is 29.2 Å². The third kappa shape index (κ3) is 4.02. The minimum atomic E-state index is -3.65. The molecule has 1 saturated heterocycles. The Labute approximate surface area is 188 Å². The summed E-state index contributed by atoms with van der Waals surface area (Å²) in [5.74, 6) is -0.125. The van der Waals surface area contributed by atoms with E-state index in [0.717, 1.165) is 16.7 Å². The number of piperazine rings is 1. The van der Waals surface area contributed by atoms with E-state index in [-0.39, 0.29) is 24.4 Å². The number of carbonyl (C=O) groups is 1. The number of aromatic nitrogens is 3. The van der Waals surface area contributed by atoms with Crippen molar-refractivity contribution >= 4 is 21.6 Å². The van der Waals surface area contributed by atoms with Gasteiger partial charge in [0.05, 0.1) is 10.5 Å². The number of nitrogens with zero attached hydrogens (tertiary/aromatic N) is 5. The molecule has 0 N–H and O–H groups in total. The fourth-order valence-electron chi connectivity index (χ4n) is 4.19. The average molecular weight is 456 g/mol. The van der Waals surface area contributed by atoms with Gasteiger partial charge in [-0.3, -0.25) is 9.20 Å². The van der Waals surface area contributed by atoms with E-state index in [9.17, 15) is 13.2 Å². The predicted octanol–water partition coefficient (Wildman–Crippen LogP) is 2.79. The van der Waals surface area contributed by atoms with Crippen LogP contribution in [0.1, 0.15) is 47.8 Å². The van der Waals surface area contributed by atoms with Gasteiger partial charge >= 0.3 is 0 Å². The highest BCUT2D eigenvalue weighted by Gasteiger charge is 2.33. The van der Waals surface area contributed by atoms with Crippen molar-refractivity contribution in [2.45, 2.75) is 44.9 Å². The normalized spacial score (nSPS) is 16.0. The van der Waals surface area contributed by atoms with Crippen LogP contribution in [0.5, 0.6) is 0 Å². The maximum absolute atomic E-state index is 13.5. The zero-order valence-corrected chi connectivity index (χ0v) is 20.0. The van der Waals surface area contributed by atoms with Crippen LogP contribution in [0.25, 0.3) is 5.65 Å². The van der Waals surface area contributed by atoms with E-state index < -0.39 is 10.0 Å². The highest BCUT2D eigenvalue weighted by molar-refractivity contribution is 7.89. The van der Waals surface area contributed by atoms with Gasteiger partial charge in [0.2, 0.25) is 10.0 Å². The molecule has 1 aliphatic rings. The summed E-state index contributed by atoms with van der Waals surface area (Å²) in [6.07, 6.45) is 3.25. The molecule has 1 aliphatic heterocycles. The van der Waals surface area contributed by atoms with Crippen molar-refractivity contribution in [3.63, 3.8) is 0 Å². The number of hydrogen-bond acceptors (Lipinski definition) is 5. The molecule has 8 nitrogen and oxygen atoms in total. The summed E-state index contributed by atoms with van der Waals surface area (Å²) in [5, 5.41) is 7.77. The maximum Gasteiger partial charge on any atom is 0.255 e. The number of fused-ring (bicyclic) bond motifs is 1. The molecule has 0 saturated carbocycles. The van der Waals surface area contributed by atoms with Crippen LogP contribution in [0.15, 0.2) is 41.7 Å². The van der Waals surface area contributed by atoms with Gasteiger partial charge < -0.3 is 4.90 Å². The lowest BCUT2D eigenvalue weighted by Gasteiger charge is -2.34. The molecular weight excluding hydrogens is 426 g/mol. The van der Waals surface area contributed by atoms with Crippen LogP contribution in [0.3, 0.4) is 0 Å². The SMILES string of the molecule is Cc1cc(C(C)(C)C)cc(C)c1S(=O)(=O)N1CCN(C(=O)c2ccc3nncn3c2)CC1. The summed E-state index contributed by atoms with van der Waals surface area (Å²) in [6, 6.07) is 7.41. The second-order valence-electron chi connectivity index (χ2n) is 9.40. The van der Waals surface area contributed by atoms with E-state index in [1.54, 1.807) is 34.0 Å². The molecule has 170 valence electrons. The Kier molecular flexibility index (Phi) is 5.58. The Hall–Kier alpha value is -2.78. The van der Waals surface area contributed by atoms with Gasteiger partial charge in [-0.25, -0.2) is 8.42 Å². The molecule has 3 heterocycles. The molecule has 0 unspecified atom stereocenters. The van der Waals surface area contributed by atoms with Crippen molar-refractivity contribution < 1.29 is 13.2 Å². The summed E-state index contributed by atoms with van der Waals surface area (Å²) >= 11 is 0. The fraction of sp³-hybridized carbons (Fsp3) is 0.435. The Morgan fingerprint density at radius 2 is 1.62 bits per heavy atom. The van der Waals surface area contributed by atoms with Gasteiger partial charge in [0.1, 0.15) is 6.33 Å².